The van der Waals surface area contributed by atoms with Crippen molar-refractivity contribution < 1.29 is 13.2 Å². The molecule has 0 N–H and O–H groups in total. The van der Waals surface area contributed by atoms with Crippen LogP contribution in [0.4, 0.5) is 0 Å². The number of nitrogens with zero attached hydrogens (tertiary/aromatic N) is 1. The lowest BCUT2D eigenvalue weighted by Crippen LogP contribution is -2.29. The minimum absolute atomic E-state index is 0.116. The minimum Gasteiger partial charge on any atom is -0.289 e. The van der Waals surface area contributed by atoms with Crippen LogP contribution < -0.4 is 0 Å². The van der Waals surface area contributed by atoms with Gasteiger partial charge in [0, 0.05) is 24.2 Å². The van der Waals surface area contributed by atoms with Crippen molar-refractivity contribution in [3.8, 4) is 0 Å². The molecule has 0 bridgehead atoms. The van der Waals surface area contributed by atoms with Gasteiger partial charge in [0.2, 0.25) is 10.0 Å². The summed E-state index contributed by atoms with van der Waals surface area (Å²) in [6.45, 7) is 0.343. The highest BCUT2D eigenvalue weighted by atomic mass is 32.2. The molecule has 0 saturated carbocycles. The summed E-state index contributed by atoms with van der Waals surface area (Å²) < 4.78 is 26.4. The Kier molecular flexibility index (Phi) is 3.92. The highest BCUT2D eigenvalue weighted by Crippen LogP contribution is 2.22. The zero-order chi connectivity index (χ0) is 15.6. The van der Waals surface area contributed by atoms with Gasteiger partial charge in [0.15, 0.2) is 5.78 Å². The van der Waals surface area contributed by atoms with Gasteiger partial charge in [-0.05, 0) is 12.1 Å². The predicted molar refractivity (Wildman–Crippen MR) is 84.1 cm³/mol. The molecule has 112 valence electrons. The van der Waals surface area contributed by atoms with Crippen molar-refractivity contribution in [3.63, 3.8) is 0 Å². The third-order valence-electron chi connectivity index (χ3n) is 3.60. The fraction of sp³-hybridized carbons (Fsp3) is 0.118. The van der Waals surface area contributed by atoms with Crippen LogP contribution in [0, 0.1) is 0 Å². The van der Waals surface area contributed by atoms with E-state index in [9.17, 15) is 13.2 Å². The van der Waals surface area contributed by atoms with Crippen LogP contribution in [-0.2, 0) is 10.0 Å². The fourth-order valence-electron chi connectivity index (χ4n) is 2.40. The normalized spacial score (nSPS) is 15.5. The van der Waals surface area contributed by atoms with Crippen LogP contribution in [0.2, 0.25) is 0 Å². The highest BCUT2D eigenvalue weighted by Gasteiger charge is 2.30. The number of ketones is 1. The molecule has 0 unspecified atom stereocenters. The van der Waals surface area contributed by atoms with Gasteiger partial charge in [-0.2, -0.15) is 4.31 Å². The van der Waals surface area contributed by atoms with Crippen molar-refractivity contribution in [1.29, 1.82) is 0 Å². The number of hydrogen-bond donors (Lipinski definition) is 0. The summed E-state index contributed by atoms with van der Waals surface area (Å²) in [5, 5.41) is 0. The van der Waals surface area contributed by atoms with Crippen molar-refractivity contribution >= 4 is 15.8 Å². The maximum atomic E-state index is 12.5. The number of carbonyl (C=O) groups is 1. The molecule has 0 atom stereocenters. The Hall–Kier alpha value is -2.24. The largest absolute Gasteiger partial charge is 0.289 e. The van der Waals surface area contributed by atoms with Gasteiger partial charge >= 0.3 is 0 Å². The number of sulfonamides is 1. The topological polar surface area (TPSA) is 54.5 Å². The smallest absolute Gasteiger partial charge is 0.243 e. The van der Waals surface area contributed by atoms with Gasteiger partial charge in [-0.15, -0.1) is 0 Å². The first-order chi connectivity index (χ1) is 10.6. The Balaban J connectivity index is 1.79. The average molecular weight is 313 g/mol. The molecule has 5 heteroatoms. The maximum Gasteiger partial charge on any atom is 0.243 e. The van der Waals surface area contributed by atoms with Gasteiger partial charge in [0.1, 0.15) is 0 Å². The monoisotopic (exact) mass is 313 g/mol. The molecule has 0 saturated heterocycles. The summed E-state index contributed by atoms with van der Waals surface area (Å²) in [7, 11) is -3.56. The summed E-state index contributed by atoms with van der Waals surface area (Å²) in [4.78, 5) is 12.6. The molecule has 0 spiro atoms. The average Bonchev–Trinajstić information content (AvgIpc) is 3.06. The van der Waals surface area contributed by atoms with Crippen LogP contribution in [0.5, 0.6) is 0 Å². The molecule has 0 radical (unpaired) electrons. The lowest BCUT2D eigenvalue weighted by Gasteiger charge is -2.16. The van der Waals surface area contributed by atoms with E-state index >= 15 is 0 Å². The molecular formula is C17H15NO3S. The Morgan fingerprint density at radius 1 is 0.909 bits per heavy atom. The minimum atomic E-state index is -3.56. The summed E-state index contributed by atoms with van der Waals surface area (Å²) in [5.74, 6) is -0.119. The number of hydrogen-bond acceptors (Lipinski definition) is 3. The van der Waals surface area contributed by atoms with Crippen LogP contribution in [-0.4, -0.2) is 31.6 Å². The second-order valence-corrected chi connectivity index (χ2v) is 6.97. The first-order valence-corrected chi connectivity index (χ1v) is 8.37. The summed E-state index contributed by atoms with van der Waals surface area (Å²) >= 11 is 0. The van der Waals surface area contributed by atoms with Crippen molar-refractivity contribution in [2.45, 2.75) is 4.90 Å². The number of carbonyl (C=O) groups excluding carboxylic acids is 1. The van der Waals surface area contributed by atoms with E-state index in [0.717, 1.165) is 0 Å². The molecule has 0 aliphatic carbocycles. The van der Waals surface area contributed by atoms with Crippen molar-refractivity contribution in [1.82, 2.24) is 4.31 Å². The molecule has 2 aromatic rings. The zero-order valence-electron chi connectivity index (χ0n) is 11.8. The van der Waals surface area contributed by atoms with Crippen molar-refractivity contribution in [3.05, 3.63) is 77.9 Å². The third-order valence-corrected chi connectivity index (χ3v) is 5.42. The molecule has 0 amide bonds. The summed E-state index contributed by atoms with van der Waals surface area (Å²) in [6.07, 6.45) is 1.69. The number of benzene rings is 2. The van der Waals surface area contributed by atoms with E-state index in [1.807, 2.05) is 6.07 Å². The molecule has 2 aromatic carbocycles. The third kappa shape index (κ3) is 2.73. The van der Waals surface area contributed by atoms with E-state index in [4.69, 9.17) is 0 Å². The Morgan fingerprint density at radius 3 is 2.14 bits per heavy atom. The van der Waals surface area contributed by atoms with Crippen LogP contribution >= 0.6 is 0 Å². The van der Waals surface area contributed by atoms with E-state index in [2.05, 4.69) is 0 Å². The first kappa shape index (κ1) is 14.7. The van der Waals surface area contributed by atoms with E-state index in [1.165, 1.54) is 4.31 Å². The Labute approximate surface area is 129 Å². The molecule has 3 rings (SSSR count). The lowest BCUT2D eigenvalue weighted by molar-refractivity contribution is 0.103. The second-order valence-electron chi connectivity index (χ2n) is 5.04. The molecule has 0 fully saturated rings. The SMILES string of the molecule is O=C(C1=CCN(S(=O)(=O)c2ccccc2)C1)c1ccccc1. The number of rotatable bonds is 4. The van der Waals surface area contributed by atoms with Gasteiger partial charge in [0.25, 0.3) is 0 Å². The molecule has 1 aliphatic heterocycles. The van der Waals surface area contributed by atoms with Crippen LogP contribution in [0.15, 0.2) is 77.2 Å². The quantitative estimate of drug-likeness (QED) is 0.815. The Morgan fingerprint density at radius 2 is 1.50 bits per heavy atom. The summed E-state index contributed by atoms with van der Waals surface area (Å²) in [6, 6.07) is 17.2. The lowest BCUT2D eigenvalue weighted by atomic mass is 10.0. The molecular weight excluding hydrogens is 298 g/mol. The second kappa shape index (κ2) is 5.87. The zero-order valence-corrected chi connectivity index (χ0v) is 12.7. The van der Waals surface area contributed by atoms with Gasteiger partial charge in [-0.1, -0.05) is 54.6 Å². The van der Waals surface area contributed by atoms with Crippen LogP contribution in [0.1, 0.15) is 10.4 Å². The van der Waals surface area contributed by atoms with E-state index in [1.54, 1.807) is 60.7 Å². The van der Waals surface area contributed by atoms with Crippen molar-refractivity contribution in [2.75, 3.05) is 13.1 Å². The predicted octanol–water partition coefficient (Wildman–Crippen LogP) is 2.50. The van der Waals surface area contributed by atoms with Gasteiger partial charge in [0.05, 0.1) is 4.90 Å². The standard InChI is InChI=1S/C17H15NO3S/c19-17(14-7-3-1-4-8-14)15-11-12-18(13-15)22(20,21)16-9-5-2-6-10-16/h1-11H,12-13H2. The van der Waals surface area contributed by atoms with Gasteiger partial charge in [-0.25, -0.2) is 8.42 Å². The first-order valence-electron chi connectivity index (χ1n) is 6.93. The highest BCUT2D eigenvalue weighted by molar-refractivity contribution is 7.89. The van der Waals surface area contributed by atoms with E-state index in [0.29, 0.717) is 11.1 Å². The number of Topliss-reactive ketones (excluding diaryl/α,β-unsaturated/α-hetero) is 1. The van der Waals surface area contributed by atoms with Crippen LogP contribution in [0.3, 0.4) is 0 Å². The molecule has 1 heterocycles. The molecule has 22 heavy (non-hydrogen) atoms. The summed E-state index contributed by atoms with van der Waals surface area (Å²) in [5.41, 5.74) is 1.10. The molecule has 0 aromatic heterocycles. The van der Waals surface area contributed by atoms with Gasteiger partial charge < -0.3 is 0 Å². The maximum absolute atomic E-state index is 12.5. The fourth-order valence-corrected chi connectivity index (χ4v) is 3.77. The van der Waals surface area contributed by atoms with E-state index in [-0.39, 0.29) is 23.8 Å². The molecule has 1 aliphatic rings. The van der Waals surface area contributed by atoms with Gasteiger partial charge in [-0.3, -0.25) is 4.79 Å². The van der Waals surface area contributed by atoms with Crippen LogP contribution in [0.25, 0.3) is 0 Å². The van der Waals surface area contributed by atoms with E-state index < -0.39 is 10.0 Å². The van der Waals surface area contributed by atoms with Crippen molar-refractivity contribution in [2.24, 2.45) is 0 Å². The molecule has 4 nitrogen and oxygen atoms in total. The Bertz CT molecular complexity index is 811.